The second-order valence-corrected chi connectivity index (χ2v) is 2.15. The van der Waals surface area contributed by atoms with E-state index in [9.17, 15) is 0 Å². The molecule has 1 aromatic carbocycles. The van der Waals surface area contributed by atoms with Crippen LogP contribution in [0.4, 0.5) is 0 Å². The molecule has 1 aromatic rings. The smallest absolute Gasteiger partial charge is 0.106 e. The van der Waals surface area contributed by atoms with E-state index in [-0.39, 0.29) is 0 Å². The molecule has 2 nitrogen and oxygen atoms in total. The molecule has 0 aliphatic carbocycles. The van der Waals surface area contributed by atoms with Gasteiger partial charge in [-0.3, -0.25) is 0 Å². The predicted molar refractivity (Wildman–Crippen MR) is 44.5 cm³/mol. The van der Waals surface area contributed by atoms with Crippen LogP contribution in [0.15, 0.2) is 29.4 Å². The predicted octanol–water partition coefficient (Wildman–Crippen LogP) is 1.86. The fourth-order valence-electron chi connectivity index (χ4n) is 0.818. The molecular weight excluding hydrogens is 138 g/mol. The molecule has 0 saturated heterocycles. The Balaban J connectivity index is 2.85. The van der Waals surface area contributed by atoms with E-state index < -0.39 is 0 Å². The molecule has 0 unspecified atom stereocenters. The van der Waals surface area contributed by atoms with Gasteiger partial charge in [-0.2, -0.15) is 0 Å². The number of oxime groups is 1. The van der Waals surface area contributed by atoms with E-state index in [1.54, 1.807) is 7.11 Å². The van der Waals surface area contributed by atoms with Gasteiger partial charge in [-0.05, 0) is 18.6 Å². The summed E-state index contributed by atoms with van der Waals surface area (Å²) in [6.07, 6.45) is 0. The van der Waals surface area contributed by atoms with Crippen molar-refractivity contribution in [2.75, 3.05) is 7.11 Å². The summed E-state index contributed by atoms with van der Waals surface area (Å²) in [5, 5.41) is 3.80. The van der Waals surface area contributed by atoms with Crippen molar-refractivity contribution >= 4 is 5.71 Å². The van der Waals surface area contributed by atoms with E-state index in [0.29, 0.717) is 0 Å². The molecule has 0 N–H and O–H groups in total. The Morgan fingerprint density at radius 1 is 1.45 bits per heavy atom. The van der Waals surface area contributed by atoms with Gasteiger partial charge in [0.05, 0.1) is 5.71 Å². The van der Waals surface area contributed by atoms with Crippen molar-refractivity contribution < 1.29 is 4.84 Å². The Labute approximate surface area is 66.5 Å². The van der Waals surface area contributed by atoms with Gasteiger partial charge in [-0.15, -0.1) is 0 Å². The van der Waals surface area contributed by atoms with Crippen molar-refractivity contribution in [2.24, 2.45) is 5.16 Å². The number of nitrogens with zero attached hydrogens (tertiary/aromatic N) is 1. The quantitative estimate of drug-likeness (QED) is 0.463. The van der Waals surface area contributed by atoms with Crippen LogP contribution in [0.25, 0.3) is 0 Å². The lowest BCUT2D eigenvalue weighted by molar-refractivity contribution is 0.213. The zero-order valence-corrected chi connectivity index (χ0v) is 6.66. The van der Waals surface area contributed by atoms with Gasteiger partial charge in [0.2, 0.25) is 0 Å². The number of benzene rings is 1. The summed E-state index contributed by atoms with van der Waals surface area (Å²) >= 11 is 0. The second-order valence-electron chi connectivity index (χ2n) is 2.15. The minimum Gasteiger partial charge on any atom is -0.399 e. The monoisotopic (exact) mass is 148 g/mol. The molecule has 57 valence electrons. The summed E-state index contributed by atoms with van der Waals surface area (Å²) in [6, 6.07) is 10.5. The molecule has 1 radical (unpaired) electrons. The SMILES string of the molecule is CO/N=C(/C)c1cc[c]cc1. The van der Waals surface area contributed by atoms with E-state index in [4.69, 9.17) is 0 Å². The first-order valence-corrected chi connectivity index (χ1v) is 3.39. The normalized spacial score (nSPS) is 11.3. The first-order valence-electron chi connectivity index (χ1n) is 3.39. The molecular formula is C9H10NO. The van der Waals surface area contributed by atoms with E-state index in [1.165, 1.54) is 0 Å². The molecule has 0 fully saturated rings. The molecule has 0 bridgehead atoms. The van der Waals surface area contributed by atoms with Gasteiger partial charge in [-0.1, -0.05) is 29.4 Å². The second kappa shape index (κ2) is 3.76. The molecule has 0 atom stereocenters. The zero-order chi connectivity index (χ0) is 8.10. The standard InChI is InChI=1S/C9H10NO/c1-8(10-11-2)9-6-4-3-5-7-9/h4-7H,1-2H3/b10-8-. The van der Waals surface area contributed by atoms with Crippen molar-refractivity contribution in [2.45, 2.75) is 6.92 Å². The van der Waals surface area contributed by atoms with Gasteiger partial charge in [-0.25, -0.2) is 0 Å². The third kappa shape index (κ3) is 2.08. The number of rotatable bonds is 2. The van der Waals surface area contributed by atoms with E-state index in [1.807, 2.05) is 31.2 Å². The van der Waals surface area contributed by atoms with Crippen molar-refractivity contribution in [1.82, 2.24) is 0 Å². The first-order chi connectivity index (χ1) is 5.34. The van der Waals surface area contributed by atoms with Gasteiger partial charge in [0.1, 0.15) is 7.11 Å². The lowest BCUT2D eigenvalue weighted by Crippen LogP contribution is -1.93. The third-order valence-electron chi connectivity index (χ3n) is 1.36. The van der Waals surface area contributed by atoms with Crippen LogP contribution in [0.1, 0.15) is 12.5 Å². The minimum absolute atomic E-state index is 0.876. The minimum atomic E-state index is 0.876. The lowest BCUT2D eigenvalue weighted by atomic mass is 10.1. The maximum Gasteiger partial charge on any atom is 0.106 e. The van der Waals surface area contributed by atoms with Gasteiger partial charge in [0, 0.05) is 0 Å². The van der Waals surface area contributed by atoms with Crippen LogP contribution in [0, 0.1) is 6.07 Å². The average molecular weight is 148 g/mol. The molecule has 0 amide bonds. The van der Waals surface area contributed by atoms with Crippen molar-refractivity contribution in [1.29, 1.82) is 0 Å². The molecule has 11 heavy (non-hydrogen) atoms. The largest absolute Gasteiger partial charge is 0.399 e. The summed E-state index contributed by atoms with van der Waals surface area (Å²) in [7, 11) is 1.54. The third-order valence-corrected chi connectivity index (χ3v) is 1.36. The fraction of sp³-hybridized carbons (Fsp3) is 0.222. The number of hydrogen-bond donors (Lipinski definition) is 0. The fourth-order valence-corrected chi connectivity index (χ4v) is 0.818. The Morgan fingerprint density at radius 2 is 2.09 bits per heavy atom. The van der Waals surface area contributed by atoms with Crippen LogP contribution in [0.2, 0.25) is 0 Å². The highest BCUT2D eigenvalue weighted by molar-refractivity contribution is 5.98. The zero-order valence-electron chi connectivity index (χ0n) is 6.66. The van der Waals surface area contributed by atoms with E-state index in [2.05, 4.69) is 16.1 Å². The molecule has 0 aromatic heterocycles. The van der Waals surface area contributed by atoms with Gasteiger partial charge in [0.25, 0.3) is 0 Å². The van der Waals surface area contributed by atoms with Crippen molar-refractivity contribution in [3.05, 3.63) is 35.9 Å². The molecule has 0 saturated carbocycles. The van der Waals surface area contributed by atoms with Crippen LogP contribution >= 0.6 is 0 Å². The van der Waals surface area contributed by atoms with Crippen LogP contribution in [0.3, 0.4) is 0 Å². The average Bonchev–Trinajstić information content (AvgIpc) is 2.07. The molecule has 0 heterocycles. The summed E-state index contributed by atoms with van der Waals surface area (Å²) in [6.45, 7) is 1.90. The van der Waals surface area contributed by atoms with Gasteiger partial charge < -0.3 is 4.84 Å². The maximum atomic E-state index is 4.64. The van der Waals surface area contributed by atoms with Crippen LogP contribution in [-0.2, 0) is 4.84 Å². The van der Waals surface area contributed by atoms with E-state index >= 15 is 0 Å². The summed E-state index contributed by atoms with van der Waals surface area (Å²) < 4.78 is 0. The van der Waals surface area contributed by atoms with Crippen molar-refractivity contribution in [3.63, 3.8) is 0 Å². The van der Waals surface area contributed by atoms with Crippen LogP contribution < -0.4 is 0 Å². The van der Waals surface area contributed by atoms with Crippen LogP contribution in [0.5, 0.6) is 0 Å². The summed E-state index contributed by atoms with van der Waals surface area (Å²) in [4.78, 5) is 4.64. The summed E-state index contributed by atoms with van der Waals surface area (Å²) in [5.41, 5.74) is 1.94. The van der Waals surface area contributed by atoms with Crippen molar-refractivity contribution in [3.8, 4) is 0 Å². The highest BCUT2D eigenvalue weighted by Gasteiger charge is 1.93. The van der Waals surface area contributed by atoms with Gasteiger partial charge in [0.15, 0.2) is 0 Å². The first kappa shape index (κ1) is 7.79. The summed E-state index contributed by atoms with van der Waals surface area (Å²) in [5.74, 6) is 0. The topological polar surface area (TPSA) is 21.6 Å². The Kier molecular flexibility index (Phi) is 2.66. The van der Waals surface area contributed by atoms with Crippen LogP contribution in [-0.4, -0.2) is 12.8 Å². The number of hydrogen-bond acceptors (Lipinski definition) is 2. The lowest BCUT2D eigenvalue weighted by Gasteiger charge is -1.96. The Morgan fingerprint density at radius 3 is 2.64 bits per heavy atom. The van der Waals surface area contributed by atoms with E-state index in [0.717, 1.165) is 11.3 Å². The molecule has 2 heteroatoms. The molecule has 0 spiro atoms. The maximum absolute atomic E-state index is 4.64. The highest BCUT2D eigenvalue weighted by atomic mass is 16.6. The Bertz CT molecular complexity index is 241. The highest BCUT2D eigenvalue weighted by Crippen LogP contribution is 1.99. The molecule has 1 rings (SSSR count). The molecule has 0 aliphatic heterocycles. The van der Waals surface area contributed by atoms with Gasteiger partial charge >= 0.3 is 0 Å². The Hall–Kier alpha value is -1.31. The molecule has 0 aliphatic rings.